The summed E-state index contributed by atoms with van der Waals surface area (Å²) in [6.45, 7) is 10.9. The Balaban J connectivity index is 1.25. The lowest BCUT2D eigenvalue weighted by atomic mass is 9.82. The number of amides is 3. The maximum atomic E-state index is 15.0. The molecule has 1 aromatic carbocycles. The van der Waals surface area contributed by atoms with E-state index in [0.29, 0.717) is 42.7 Å². The Hall–Kier alpha value is -5.25. The molecule has 0 radical (unpaired) electrons. The first kappa shape index (κ1) is 44.8. The van der Waals surface area contributed by atoms with Crippen LogP contribution in [-0.2, 0) is 33.9 Å². The Morgan fingerprint density at radius 1 is 1.00 bits per heavy atom. The molecule has 15 nitrogen and oxygen atoms in total. The third-order valence-corrected chi connectivity index (χ3v) is 15.0. The van der Waals surface area contributed by atoms with E-state index in [1.54, 1.807) is 66.4 Å². The second kappa shape index (κ2) is 17.1. The molecule has 0 bridgehead atoms. The monoisotopic (exact) mass is 873 g/mol. The molecule has 3 amide bonds. The number of ether oxygens (including phenoxy) is 4. The first-order valence-corrected chi connectivity index (χ1v) is 23.0. The average molecular weight is 874 g/mol. The Morgan fingerprint density at radius 2 is 1.76 bits per heavy atom. The molecular weight excluding hydrogens is 815 g/mol. The highest BCUT2D eigenvalue weighted by Crippen LogP contribution is 2.48. The Bertz CT molecular complexity index is 2360. The fourth-order valence-electron chi connectivity index (χ4n) is 8.77. The van der Waals surface area contributed by atoms with Gasteiger partial charge in [0, 0.05) is 52.7 Å². The van der Waals surface area contributed by atoms with Crippen LogP contribution in [0, 0.1) is 23.7 Å². The number of benzene rings is 1. The van der Waals surface area contributed by atoms with Gasteiger partial charge in [0.05, 0.1) is 37.9 Å². The number of hydrogen-bond donors (Lipinski definition) is 2. The van der Waals surface area contributed by atoms with Crippen molar-refractivity contribution in [2.75, 3.05) is 20.8 Å². The maximum absolute atomic E-state index is 15.0. The number of allylic oxidation sites excluding steroid dienone is 1. The van der Waals surface area contributed by atoms with E-state index in [9.17, 15) is 22.8 Å². The molecule has 2 aliphatic carbocycles. The number of sulfonamides is 1. The summed E-state index contributed by atoms with van der Waals surface area (Å²) in [6.07, 6.45) is 9.45. The molecule has 2 aliphatic heterocycles. The average Bonchev–Trinajstić information content (AvgIpc) is 4.10. The molecular formula is C46H59N5O10S. The molecule has 2 saturated carbocycles. The van der Waals surface area contributed by atoms with Crippen molar-refractivity contribution in [2.45, 2.75) is 121 Å². The fraction of sp³-hybridized carbons (Fsp3) is 0.565. The smallest absolute Gasteiger partial charge is 0.307 e. The van der Waals surface area contributed by atoms with E-state index in [-0.39, 0.29) is 43.5 Å². The van der Waals surface area contributed by atoms with Crippen molar-refractivity contribution in [3.63, 3.8) is 0 Å². The molecule has 0 spiro atoms. The number of esters is 1. The van der Waals surface area contributed by atoms with Crippen LogP contribution in [0.15, 0.2) is 54.9 Å². The number of methoxy groups -OCH3 is 2. The number of carbonyl (C=O) groups is 4. The highest BCUT2D eigenvalue weighted by molar-refractivity contribution is 7.91. The molecule has 3 fully saturated rings. The van der Waals surface area contributed by atoms with Crippen molar-refractivity contribution in [1.82, 2.24) is 24.9 Å². The molecule has 4 aliphatic rings. The molecule has 16 heteroatoms. The van der Waals surface area contributed by atoms with Crippen LogP contribution in [0.25, 0.3) is 21.9 Å². The van der Waals surface area contributed by atoms with Crippen LogP contribution in [0.3, 0.4) is 0 Å². The zero-order valence-corrected chi connectivity index (χ0v) is 37.7. The van der Waals surface area contributed by atoms with E-state index >= 15 is 4.79 Å². The summed E-state index contributed by atoms with van der Waals surface area (Å²) in [4.78, 5) is 67.8. The third kappa shape index (κ3) is 9.40. The van der Waals surface area contributed by atoms with Crippen LogP contribution >= 0.6 is 0 Å². The standard InChI is InChI=1S/C46H59N5O10S/c1-27-11-9-10-12-30-23-46(30,43(55)50-62(56,57)45(6)17-18-45)49-40(53)37-21-32(26-51(37)42(54)34(28(2)19-27)22-39(52)61-44(3,4)5)60-41-33-15-14-31(58-7)20-35(33)36(25-48-41)29-13-16-38(59-8)47-24-29/h10,12-16,20,24-25,27-28,30,32,34,37H,9,11,17-19,21-23,26H2,1-8H3,(H,49,53)(H,50,55)/b12-10-/t27-,28-,30-,32-,34+,37+,46-/m1/s1. The summed E-state index contributed by atoms with van der Waals surface area (Å²) in [7, 11) is -0.898. The van der Waals surface area contributed by atoms with E-state index in [2.05, 4.69) is 21.9 Å². The Labute approximate surface area is 363 Å². The predicted octanol–water partition coefficient (Wildman–Crippen LogP) is 5.90. The normalized spacial score (nSPS) is 28.0. The minimum Gasteiger partial charge on any atom is -0.497 e. The van der Waals surface area contributed by atoms with Gasteiger partial charge < -0.3 is 29.2 Å². The van der Waals surface area contributed by atoms with Gasteiger partial charge in [-0.25, -0.2) is 18.4 Å². The van der Waals surface area contributed by atoms with Gasteiger partial charge in [0.15, 0.2) is 0 Å². The number of carbonyl (C=O) groups excluding carboxylic acids is 4. The quantitative estimate of drug-likeness (QED) is 0.182. The number of pyridine rings is 2. The van der Waals surface area contributed by atoms with Gasteiger partial charge in [-0.05, 0) is 102 Å². The molecule has 0 unspecified atom stereocenters. The maximum Gasteiger partial charge on any atom is 0.307 e. The minimum absolute atomic E-state index is 0.0250. The number of fused-ring (bicyclic) bond motifs is 3. The first-order valence-electron chi connectivity index (χ1n) is 21.5. The predicted molar refractivity (Wildman–Crippen MR) is 232 cm³/mol. The molecule has 7 atom stereocenters. The van der Waals surface area contributed by atoms with Gasteiger partial charge in [0.25, 0.3) is 5.91 Å². The largest absolute Gasteiger partial charge is 0.497 e. The lowest BCUT2D eigenvalue weighted by Crippen LogP contribution is -2.57. The molecule has 62 heavy (non-hydrogen) atoms. The number of nitrogens with zero attached hydrogens (tertiary/aromatic N) is 3. The van der Waals surface area contributed by atoms with Crippen molar-refractivity contribution in [3.05, 3.63) is 54.9 Å². The van der Waals surface area contributed by atoms with Crippen molar-refractivity contribution < 1.29 is 46.5 Å². The third-order valence-electron chi connectivity index (χ3n) is 12.8. The van der Waals surface area contributed by atoms with E-state index < -0.39 is 73.6 Å². The Morgan fingerprint density at radius 3 is 2.42 bits per heavy atom. The molecule has 7 rings (SSSR count). The van der Waals surface area contributed by atoms with Crippen LogP contribution in [0.2, 0.25) is 0 Å². The Kier molecular flexibility index (Phi) is 12.4. The highest BCUT2D eigenvalue weighted by atomic mass is 32.2. The van der Waals surface area contributed by atoms with Crippen molar-refractivity contribution in [3.8, 4) is 28.6 Å². The van der Waals surface area contributed by atoms with Crippen LogP contribution < -0.4 is 24.2 Å². The highest BCUT2D eigenvalue weighted by Gasteiger charge is 2.63. The molecule has 1 saturated heterocycles. The molecule has 2 aromatic heterocycles. The lowest BCUT2D eigenvalue weighted by molar-refractivity contribution is -0.160. The zero-order chi connectivity index (χ0) is 44.8. The number of aromatic nitrogens is 2. The van der Waals surface area contributed by atoms with Crippen molar-refractivity contribution in [2.24, 2.45) is 23.7 Å². The topological polar surface area (TPSA) is 192 Å². The minimum atomic E-state index is -4.02. The van der Waals surface area contributed by atoms with Gasteiger partial charge in [0.2, 0.25) is 33.6 Å². The first-order chi connectivity index (χ1) is 29.3. The van der Waals surface area contributed by atoms with Crippen LogP contribution in [0.1, 0.15) is 92.9 Å². The molecule has 4 heterocycles. The number of hydrogen-bond acceptors (Lipinski definition) is 12. The van der Waals surface area contributed by atoms with Crippen molar-refractivity contribution >= 4 is 44.5 Å². The van der Waals surface area contributed by atoms with Crippen LogP contribution in [-0.4, -0.2) is 95.8 Å². The summed E-state index contributed by atoms with van der Waals surface area (Å²) in [5, 5.41) is 4.35. The SMILES string of the molecule is COc1ccc2c(O[C@@H]3C[C@H]4C(=O)N[C@]5(C(=O)NS(=O)(=O)C6(C)CC6)C[C@H]5/C=C\CC[C@@H](C)C[C@@H](C)[C@H](CC(=O)OC(C)(C)C)C(=O)N4C3)ncc(-c3ccc(OC)nc3)c2c1. The zero-order valence-electron chi connectivity index (χ0n) is 36.9. The second-order valence-electron chi connectivity index (χ2n) is 18.8. The van der Waals surface area contributed by atoms with Gasteiger partial charge in [0.1, 0.15) is 29.0 Å². The fourth-order valence-corrected chi connectivity index (χ4v) is 10.1. The molecule has 3 aromatic rings. The second-order valence-corrected chi connectivity index (χ2v) is 21.0. The number of nitrogens with one attached hydrogen (secondary N) is 2. The lowest BCUT2D eigenvalue weighted by Gasteiger charge is -2.32. The molecule has 334 valence electrons. The van der Waals surface area contributed by atoms with E-state index in [0.717, 1.165) is 22.9 Å². The summed E-state index contributed by atoms with van der Waals surface area (Å²) in [5.74, 6) is -2.40. The van der Waals surface area contributed by atoms with Gasteiger partial charge in [-0.1, -0.05) is 26.0 Å². The van der Waals surface area contributed by atoms with E-state index in [1.165, 1.54) is 4.90 Å². The summed E-state index contributed by atoms with van der Waals surface area (Å²) >= 11 is 0. The van der Waals surface area contributed by atoms with Crippen molar-refractivity contribution in [1.29, 1.82) is 0 Å². The van der Waals surface area contributed by atoms with Gasteiger partial charge in [-0.2, -0.15) is 0 Å². The van der Waals surface area contributed by atoms with Crippen LogP contribution in [0.5, 0.6) is 17.5 Å². The van der Waals surface area contributed by atoms with Gasteiger partial charge in [-0.3, -0.25) is 23.9 Å². The van der Waals surface area contributed by atoms with Crippen LogP contribution in [0.4, 0.5) is 0 Å². The summed E-state index contributed by atoms with van der Waals surface area (Å²) < 4.78 is 51.0. The molecule has 2 N–H and O–H groups in total. The van der Waals surface area contributed by atoms with Gasteiger partial charge >= 0.3 is 5.97 Å². The number of rotatable bonds is 10. The van der Waals surface area contributed by atoms with Gasteiger partial charge in [-0.15, -0.1) is 0 Å². The van der Waals surface area contributed by atoms with E-state index in [4.69, 9.17) is 23.9 Å². The van der Waals surface area contributed by atoms with E-state index in [1.807, 2.05) is 37.3 Å². The summed E-state index contributed by atoms with van der Waals surface area (Å²) in [6, 6.07) is 8.00. The summed E-state index contributed by atoms with van der Waals surface area (Å²) in [5.41, 5.74) is -0.784.